The van der Waals surface area contributed by atoms with E-state index < -0.39 is 11.9 Å². The molecule has 4 saturated heterocycles. The first kappa shape index (κ1) is 41.7. The molecule has 9 rings (SSSR count). The molecule has 4 fully saturated rings. The predicted molar refractivity (Wildman–Crippen MR) is 239 cm³/mol. The molecule has 1 N–H and O–H groups in total. The molecule has 2 aromatic heterocycles. The molecule has 2 amide bonds. The number of ether oxygens (including phenoxy) is 1. The van der Waals surface area contributed by atoms with Crippen molar-refractivity contribution < 1.29 is 14.3 Å². The van der Waals surface area contributed by atoms with Crippen LogP contribution in [0, 0.1) is 6.57 Å². The Hall–Kier alpha value is -5.59. The van der Waals surface area contributed by atoms with Crippen molar-refractivity contribution in [1.82, 2.24) is 39.1 Å². The fraction of sp³-hybridized carbons (Fsp3) is 0.447. The van der Waals surface area contributed by atoms with Crippen molar-refractivity contribution in [3.8, 4) is 5.75 Å². The minimum absolute atomic E-state index is 0.228. The molecule has 3 aromatic carbocycles. The lowest BCUT2D eigenvalue weighted by atomic mass is 9.78. The van der Waals surface area contributed by atoms with Crippen molar-refractivity contribution in [3.05, 3.63) is 122 Å². The Bertz CT molecular complexity index is 2580. The van der Waals surface area contributed by atoms with Crippen LogP contribution in [0.15, 0.2) is 77.7 Å². The Labute approximate surface area is 366 Å². The number of imidazole rings is 1. The second-order valence-corrected chi connectivity index (χ2v) is 18.2. The molecular formula is C47H53ClN10O4. The molecule has 0 spiro atoms. The van der Waals surface area contributed by atoms with Gasteiger partial charge in [-0.15, -0.1) is 0 Å². The molecule has 0 aliphatic carbocycles. The number of aryl methyl sites for hydroxylation is 1. The van der Waals surface area contributed by atoms with Gasteiger partial charge < -0.3 is 9.64 Å². The molecule has 4 aliphatic heterocycles. The molecule has 0 radical (unpaired) electrons. The molecule has 1 unspecified atom stereocenters. The summed E-state index contributed by atoms with van der Waals surface area (Å²) in [6, 6.07) is 22.1. The number of carbonyl (C=O) groups is 2. The highest BCUT2D eigenvalue weighted by Gasteiger charge is 2.36. The second-order valence-electron chi connectivity index (χ2n) is 17.7. The number of hydrogen-bond donors (Lipinski definition) is 1. The lowest BCUT2D eigenvalue weighted by Crippen LogP contribution is -2.61. The third kappa shape index (κ3) is 8.46. The quantitative estimate of drug-likeness (QED) is 0.131. The Morgan fingerprint density at radius 1 is 0.855 bits per heavy atom. The van der Waals surface area contributed by atoms with Gasteiger partial charge in [0.05, 0.1) is 23.3 Å². The van der Waals surface area contributed by atoms with Crippen LogP contribution in [-0.2, 0) is 35.2 Å². The Balaban J connectivity index is 0.713. The van der Waals surface area contributed by atoms with Gasteiger partial charge in [0.15, 0.2) is 5.69 Å². The van der Waals surface area contributed by atoms with E-state index in [4.69, 9.17) is 27.9 Å². The number of imide groups is 1. The number of fused-ring (bicyclic) bond motifs is 1. The molecule has 0 saturated carbocycles. The highest BCUT2D eigenvalue weighted by atomic mass is 35.5. The molecule has 0 bridgehead atoms. The van der Waals surface area contributed by atoms with E-state index in [-0.39, 0.29) is 23.4 Å². The summed E-state index contributed by atoms with van der Waals surface area (Å²) in [5.41, 5.74) is 5.56. The van der Waals surface area contributed by atoms with Crippen LogP contribution in [-0.4, -0.2) is 110 Å². The smallest absolute Gasteiger partial charge is 0.329 e. The molecule has 1 atom stereocenters. The molecule has 322 valence electrons. The predicted octanol–water partition coefficient (Wildman–Crippen LogP) is 5.69. The number of likely N-dealkylation sites (tertiary alicyclic amines) is 2. The van der Waals surface area contributed by atoms with Crippen molar-refractivity contribution in [1.29, 1.82) is 0 Å². The number of carbonyl (C=O) groups excluding carboxylic acids is 2. The van der Waals surface area contributed by atoms with E-state index in [9.17, 15) is 14.4 Å². The van der Waals surface area contributed by atoms with E-state index in [1.54, 1.807) is 17.7 Å². The fourth-order valence-electron chi connectivity index (χ4n) is 9.71. The fourth-order valence-corrected chi connectivity index (χ4v) is 9.94. The molecular weight excluding hydrogens is 804 g/mol. The van der Waals surface area contributed by atoms with E-state index in [1.165, 1.54) is 17.4 Å². The van der Waals surface area contributed by atoms with Gasteiger partial charge in [0.1, 0.15) is 18.4 Å². The van der Waals surface area contributed by atoms with Gasteiger partial charge in [0.2, 0.25) is 17.8 Å². The SMILES string of the molecule is [C-]#[N+]c1cc(Cl)cc(C(C)(C)c2ccc(OCc3ccnc(N4CCN(C5CCN(C6CN(Cc7ccc8c(c7)n(C)c(=O)n8C7CCC(=O)NC7=O)C6)CC5)CC4)n3)cc2)c1. The van der Waals surface area contributed by atoms with E-state index in [2.05, 4.69) is 72.9 Å². The number of piperazine rings is 1. The van der Waals surface area contributed by atoms with Crippen molar-refractivity contribution in [2.45, 2.75) is 76.2 Å². The van der Waals surface area contributed by atoms with Crippen molar-refractivity contribution >= 4 is 46.1 Å². The van der Waals surface area contributed by atoms with Crippen molar-refractivity contribution in [3.63, 3.8) is 0 Å². The maximum atomic E-state index is 13.2. The number of hydrogen-bond acceptors (Lipinski definition) is 10. The number of amides is 2. The standard InChI is InChI=1S/C47H53ClN10O4/c1-47(2,33-24-34(48)26-36(25-33)49-3)32-6-8-39(9-7-32)62-30-35-13-16-50-45(51-35)57-21-19-56(20-22-57)37-14-17-55(18-15-37)38-28-54(29-38)27-31-5-10-40-42(23-31)53(4)46(61)58(40)41-11-12-43(59)52-44(41)60/h5-10,13,16,23-26,37-38,41H,11-12,14-15,17-22,27-30H2,1-2,4H3,(H,52,59,60). The lowest BCUT2D eigenvalue weighted by Gasteiger charge is -2.49. The van der Waals surface area contributed by atoms with E-state index >= 15 is 0 Å². The first-order valence-electron chi connectivity index (χ1n) is 21.7. The average molecular weight is 857 g/mol. The minimum Gasteiger partial charge on any atom is -0.487 e. The summed E-state index contributed by atoms with van der Waals surface area (Å²) in [7, 11) is 1.74. The molecule has 15 heteroatoms. The first-order valence-corrected chi connectivity index (χ1v) is 22.0. The van der Waals surface area contributed by atoms with Crippen LogP contribution in [0.2, 0.25) is 5.02 Å². The monoisotopic (exact) mass is 856 g/mol. The number of halogens is 1. The lowest BCUT2D eigenvalue weighted by molar-refractivity contribution is -0.135. The van der Waals surface area contributed by atoms with Crippen molar-refractivity contribution in [2.24, 2.45) is 7.05 Å². The number of nitrogens with one attached hydrogen (secondary N) is 1. The van der Waals surface area contributed by atoms with Crippen LogP contribution < -0.4 is 20.6 Å². The molecule has 4 aliphatic rings. The second kappa shape index (κ2) is 17.3. The van der Waals surface area contributed by atoms with Crippen LogP contribution >= 0.6 is 11.6 Å². The Kier molecular flexibility index (Phi) is 11.6. The zero-order valence-corrected chi connectivity index (χ0v) is 36.4. The number of anilines is 1. The molecule has 62 heavy (non-hydrogen) atoms. The summed E-state index contributed by atoms with van der Waals surface area (Å²) < 4.78 is 9.31. The average Bonchev–Trinajstić information content (AvgIpc) is 3.51. The van der Waals surface area contributed by atoms with Crippen LogP contribution in [0.5, 0.6) is 5.75 Å². The number of nitrogens with zero attached hydrogens (tertiary/aromatic N) is 9. The van der Waals surface area contributed by atoms with Crippen LogP contribution in [0.1, 0.15) is 68.0 Å². The van der Waals surface area contributed by atoms with Crippen molar-refractivity contribution in [2.75, 3.05) is 57.3 Å². The van der Waals surface area contributed by atoms with Gasteiger partial charge in [-0.3, -0.25) is 38.7 Å². The Morgan fingerprint density at radius 2 is 1.60 bits per heavy atom. The summed E-state index contributed by atoms with van der Waals surface area (Å²) in [6.45, 7) is 20.9. The van der Waals surface area contributed by atoms with Gasteiger partial charge in [-0.2, -0.15) is 0 Å². The van der Waals surface area contributed by atoms with Crippen LogP contribution in [0.4, 0.5) is 11.6 Å². The van der Waals surface area contributed by atoms with Gasteiger partial charge >= 0.3 is 5.69 Å². The largest absolute Gasteiger partial charge is 0.487 e. The van der Waals surface area contributed by atoms with Gasteiger partial charge in [0.25, 0.3) is 0 Å². The van der Waals surface area contributed by atoms with Crippen LogP contribution in [0.3, 0.4) is 0 Å². The maximum Gasteiger partial charge on any atom is 0.329 e. The van der Waals surface area contributed by atoms with E-state index in [1.807, 2.05) is 42.6 Å². The summed E-state index contributed by atoms with van der Waals surface area (Å²) in [5.74, 6) is 0.810. The highest BCUT2D eigenvalue weighted by Crippen LogP contribution is 2.36. The maximum absolute atomic E-state index is 13.2. The number of benzene rings is 3. The number of aromatic nitrogens is 4. The zero-order valence-electron chi connectivity index (χ0n) is 35.6. The summed E-state index contributed by atoms with van der Waals surface area (Å²) in [6.07, 6.45) is 4.74. The summed E-state index contributed by atoms with van der Waals surface area (Å²) in [5, 5.41) is 2.94. The molecule has 5 aromatic rings. The normalized spacial score (nSPS) is 20.0. The van der Waals surface area contributed by atoms with Gasteiger partial charge in [-0.1, -0.05) is 49.7 Å². The first-order chi connectivity index (χ1) is 29.9. The minimum atomic E-state index is -0.675. The van der Waals surface area contributed by atoms with Gasteiger partial charge in [-0.25, -0.2) is 19.6 Å². The summed E-state index contributed by atoms with van der Waals surface area (Å²) >= 11 is 6.32. The third-order valence-electron chi connectivity index (χ3n) is 13.5. The Morgan fingerprint density at radius 3 is 2.32 bits per heavy atom. The zero-order chi connectivity index (χ0) is 43.1. The third-order valence-corrected chi connectivity index (χ3v) is 13.8. The number of rotatable bonds is 11. The van der Waals surface area contributed by atoms with E-state index in [0.717, 1.165) is 104 Å². The summed E-state index contributed by atoms with van der Waals surface area (Å²) in [4.78, 5) is 60.6. The topological polar surface area (TPSA) is 125 Å². The van der Waals surface area contributed by atoms with E-state index in [0.29, 0.717) is 35.8 Å². The highest BCUT2D eigenvalue weighted by molar-refractivity contribution is 6.31. The number of piperidine rings is 2. The molecule has 6 heterocycles. The van der Waals surface area contributed by atoms with Gasteiger partial charge in [0, 0.05) is 101 Å². The van der Waals surface area contributed by atoms with Gasteiger partial charge in [-0.05, 0) is 78.4 Å². The van der Waals surface area contributed by atoms with Crippen LogP contribution in [0.25, 0.3) is 15.9 Å². The molecule has 14 nitrogen and oxygen atoms in total.